The van der Waals surface area contributed by atoms with Gasteiger partial charge in [-0.15, -0.1) is 0 Å². The number of ether oxygens (including phenoxy) is 1. The normalized spacial score (nSPS) is 15.9. The van der Waals surface area contributed by atoms with Gasteiger partial charge in [0.1, 0.15) is 5.75 Å². The Labute approximate surface area is 223 Å². The van der Waals surface area contributed by atoms with E-state index in [-0.39, 0.29) is 17.4 Å². The van der Waals surface area contributed by atoms with Crippen LogP contribution >= 0.6 is 11.6 Å². The Bertz CT molecular complexity index is 1390. The Hall–Kier alpha value is -3.23. The largest absolute Gasteiger partial charge is 0.484 e. The zero-order valence-corrected chi connectivity index (χ0v) is 22.3. The lowest BCUT2D eigenvalue weighted by Crippen LogP contribution is -2.50. The fourth-order valence-corrected chi connectivity index (χ4v) is 6.65. The first kappa shape index (κ1) is 25.4. The third-order valence-electron chi connectivity index (χ3n) is 6.99. The van der Waals surface area contributed by atoms with Gasteiger partial charge in [-0.3, -0.25) is 9.10 Å². The second-order valence-electron chi connectivity index (χ2n) is 9.37. The molecule has 1 fully saturated rings. The first-order valence-corrected chi connectivity index (χ1v) is 14.3. The number of hydrogen-bond acceptors (Lipinski definition) is 5. The van der Waals surface area contributed by atoms with Crippen LogP contribution in [-0.4, -0.2) is 58.6 Å². The van der Waals surface area contributed by atoms with Gasteiger partial charge in [-0.05, 0) is 73.4 Å². The Morgan fingerprint density at radius 3 is 2.41 bits per heavy atom. The minimum Gasteiger partial charge on any atom is -0.484 e. The Morgan fingerprint density at radius 2 is 1.65 bits per heavy atom. The van der Waals surface area contributed by atoms with Gasteiger partial charge < -0.3 is 14.5 Å². The van der Waals surface area contributed by atoms with Crippen LogP contribution in [0.15, 0.2) is 71.6 Å². The highest BCUT2D eigenvalue weighted by atomic mass is 35.5. The molecule has 0 radical (unpaired) electrons. The van der Waals surface area contributed by atoms with Crippen molar-refractivity contribution in [3.63, 3.8) is 0 Å². The molecular formula is C28H30ClN3O4S. The molecule has 2 aliphatic rings. The minimum absolute atomic E-state index is 0.0934. The van der Waals surface area contributed by atoms with Gasteiger partial charge in [-0.2, -0.15) is 0 Å². The molecule has 0 spiro atoms. The summed E-state index contributed by atoms with van der Waals surface area (Å²) in [6, 6.07) is 19.8. The van der Waals surface area contributed by atoms with Crippen molar-refractivity contribution in [2.75, 3.05) is 48.5 Å². The van der Waals surface area contributed by atoms with Crippen molar-refractivity contribution in [3.05, 3.63) is 82.9 Å². The van der Waals surface area contributed by atoms with Crippen molar-refractivity contribution in [2.45, 2.75) is 24.7 Å². The van der Waals surface area contributed by atoms with Crippen molar-refractivity contribution in [1.82, 2.24) is 4.90 Å². The maximum atomic E-state index is 13.3. The van der Waals surface area contributed by atoms with Crippen LogP contribution in [0.25, 0.3) is 0 Å². The fraction of sp³-hybridized carbons (Fsp3) is 0.321. The van der Waals surface area contributed by atoms with Gasteiger partial charge in [0.25, 0.3) is 15.9 Å². The molecule has 1 amide bonds. The predicted octanol–water partition coefficient (Wildman–Crippen LogP) is 4.52. The molecule has 0 unspecified atom stereocenters. The lowest BCUT2D eigenvalue weighted by Gasteiger charge is -2.36. The molecule has 7 nitrogen and oxygen atoms in total. The number of aryl methyl sites for hydroxylation is 2. The van der Waals surface area contributed by atoms with Crippen LogP contribution < -0.4 is 13.9 Å². The van der Waals surface area contributed by atoms with E-state index in [2.05, 4.69) is 11.8 Å². The fourth-order valence-electron chi connectivity index (χ4n) is 4.94. The third-order valence-corrected chi connectivity index (χ3v) is 9.05. The molecule has 0 saturated carbocycles. The van der Waals surface area contributed by atoms with Crippen LogP contribution in [0.5, 0.6) is 5.75 Å². The number of hydrogen-bond donors (Lipinski definition) is 0. The van der Waals surface area contributed by atoms with Crippen LogP contribution in [0.1, 0.15) is 17.5 Å². The number of fused-ring (bicyclic) bond motifs is 1. The summed E-state index contributed by atoms with van der Waals surface area (Å²) >= 11 is 6.17. The predicted molar refractivity (Wildman–Crippen MR) is 146 cm³/mol. The van der Waals surface area contributed by atoms with Crippen molar-refractivity contribution < 1.29 is 17.9 Å². The van der Waals surface area contributed by atoms with E-state index in [1.165, 1.54) is 4.31 Å². The highest BCUT2D eigenvalue weighted by molar-refractivity contribution is 7.92. The summed E-state index contributed by atoms with van der Waals surface area (Å²) in [6.45, 7) is 5.06. The van der Waals surface area contributed by atoms with E-state index >= 15 is 0 Å². The lowest BCUT2D eigenvalue weighted by molar-refractivity contribution is -0.133. The Morgan fingerprint density at radius 1 is 0.919 bits per heavy atom. The molecule has 5 rings (SSSR count). The summed E-state index contributed by atoms with van der Waals surface area (Å²) in [5.41, 5.74) is 4.03. The third kappa shape index (κ3) is 5.40. The second kappa shape index (κ2) is 10.6. The van der Waals surface area contributed by atoms with Crippen LogP contribution in [0.3, 0.4) is 0 Å². The van der Waals surface area contributed by atoms with Crippen LogP contribution in [0.2, 0.25) is 5.02 Å². The van der Waals surface area contributed by atoms with Crippen LogP contribution in [0, 0.1) is 6.92 Å². The molecule has 0 N–H and O–H groups in total. The molecule has 0 atom stereocenters. The standard InChI is InChI=1S/C28H30ClN3O4S/c1-21-8-9-23(29)19-27(21)30-15-17-31(18-16-30)28(33)20-36-24-10-12-25(13-11-24)37(34,35)32-14-4-6-22-5-2-3-7-26(22)32/h2-3,5,7-13,19H,4,6,14-18,20H2,1H3. The van der Waals surface area contributed by atoms with Crippen LogP contribution in [-0.2, 0) is 21.2 Å². The molecule has 37 heavy (non-hydrogen) atoms. The zero-order valence-electron chi connectivity index (χ0n) is 20.8. The van der Waals surface area contributed by atoms with Gasteiger partial charge in [-0.25, -0.2) is 8.42 Å². The number of halogens is 1. The number of carbonyl (C=O) groups is 1. The second-order valence-corrected chi connectivity index (χ2v) is 11.7. The highest BCUT2D eigenvalue weighted by Crippen LogP contribution is 2.32. The summed E-state index contributed by atoms with van der Waals surface area (Å²) in [6.07, 6.45) is 1.66. The number of anilines is 2. The number of carbonyl (C=O) groups excluding carboxylic acids is 1. The molecular weight excluding hydrogens is 510 g/mol. The van der Waals surface area contributed by atoms with Gasteiger partial charge in [0.05, 0.1) is 10.6 Å². The van der Waals surface area contributed by atoms with Gasteiger partial charge in [0.2, 0.25) is 0 Å². The van der Waals surface area contributed by atoms with E-state index in [0.717, 1.165) is 48.4 Å². The Kier molecular flexibility index (Phi) is 7.31. The number of nitrogens with zero attached hydrogens (tertiary/aromatic N) is 3. The van der Waals surface area contributed by atoms with Gasteiger partial charge in [0, 0.05) is 43.4 Å². The Balaban J connectivity index is 1.17. The molecule has 2 heterocycles. The van der Waals surface area contributed by atoms with Gasteiger partial charge in [0.15, 0.2) is 6.61 Å². The molecule has 1 saturated heterocycles. The van der Waals surface area contributed by atoms with Gasteiger partial charge in [-0.1, -0.05) is 35.9 Å². The summed E-state index contributed by atoms with van der Waals surface area (Å²) < 4.78 is 33.8. The summed E-state index contributed by atoms with van der Waals surface area (Å²) in [5.74, 6) is 0.364. The van der Waals surface area contributed by atoms with E-state index in [1.807, 2.05) is 42.5 Å². The van der Waals surface area contributed by atoms with E-state index in [1.54, 1.807) is 29.2 Å². The lowest BCUT2D eigenvalue weighted by atomic mass is 10.0. The maximum Gasteiger partial charge on any atom is 0.264 e. The molecule has 0 aromatic heterocycles. The van der Waals surface area contributed by atoms with E-state index in [9.17, 15) is 13.2 Å². The topological polar surface area (TPSA) is 70.2 Å². The van der Waals surface area contributed by atoms with E-state index in [0.29, 0.717) is 30.4 Å². The summed E-state index contributed by atoms with van der Waals surface area (Å²) in [4.78, 5) is 17.0. The van der Waals surface area contributed by atoms with E-state index in [4.69, 9.17) is 16.3 Å². The summed E-state index contributed by atoms with van der Waals surface area (Å²) in [5, 5.41) is 0.701. The van der Waals surface area contributed by atoms with Gasteiger partial charge >= 0.3 is 0 Å². The quantitative estimate of drug-likeness (QED) is 0.461. The summed E-state index contributed by atoms with van der Waals surface area (Å²) in [7, 11) is -3.68. The number of benzene rings is 3. The van der Waals surface area contributed by atoms with Crippen molar-refractivity contribution in [1.29, 1.82) is 0 Å². The molecule has 3 aromatic rings. The number of amides is 1. The molecule has 2 aliphatic heterocycles. The molecule has 0 aliphatic carbocycles. The average molecular weight is 540 g/mol. The van der Waals surface area contributed by atoms with Crippen molar-refractivity contribution in [3.8, 4) is 5.75 Å². The molecule has 9 heteroatoms. The number of piperazine rings is 1. The average Bonchev–Trinajstić information content (AvgIpc) is 2.93. The smallest absolute Gasteiger partial charge is 0.264 e. The maximum absolute atomic E-state index is 13.3. The molecule has 3 aromatic carbocycles. The molecule has 0 bridgehead atoms. The minimum atomic E-state index is -3.68. The number of para-hydroxylation sites is 1. The zero-order chi connectivity index (χ0) is 26.0. The van der Waals surface area contributed by atoms with Crippen molar-refractivity contribution >= 4 is 38.9 Å². The highest BCUT2D eigenvalue weighted by Gasteiger charge is 2.29. The monoisotopic (exact) mass is 539 g/mol. The van der Waals surface area contributed by atoms with Crippen LogP contribution in [0.4, 0.5) is 11.4 Å². The first-order valence-electron chi connectivity index (χ1n) is 12.5. The number of rotatable bonds is 6. The number of sulfonamides is 1. The van der Waals surface area contributed by atoms with E-state index < -0.39 is 10.0 Å². The molecule has 194 valence electrons. The first-order chi connectivity index (χ1) is 17.8. The van der Waals surface area contributed by atoms with Crippen molar-refractivity contribution in [2.24, 2.45) is 0 Å². The SMILES string of the molecule is Cc1ccc(Cl)cc1N1CCN(C(=O)COc2ccc(S(=O)(=O)N3CCCc4ccccc43)cc2)CC1.